The molecule has 7 nitrogen and oxygen atoms in total. The molecule has 0 saturated heterocycles. The molecule has 0 aliphatic carbocycles. The third kappa shape index (κ3) is 3.28. The molecule has 0 radical (unpaired) electrons. The second-order valence-corrected chi connectivity index (χ2v) is 4.85. The van der Waals surface area contributed by atoms with Crippen LogP contribution in [0.15, 0.2) is 42.5 Å². The van der Waals surface area contributed by atoms with Crippen molar-refractivity contribution in [3.8, 4) is 5.88 Å². The highest BCUT2D eigenvalue weighted by Crippen LogP contribution is 2.26. The SMILES string of the molecule is CC[C@](NC(=O)c1ccc(OC)nn1)(C(=O)O)c1ccccc1. The van der Waals surface area contributed by atoms with Crippen molar-refractivity contribution >= 4 is 11.9 Å². The average Bonchev–Trinajstić information content (AvgIpc) is 2.60. The van der Waals surface area contributed by atoms with Gasteiger partial charge in [0.1, 0.15) is 0 Å². The zero-order valence-corrected chi connectivity index (χ0v) is 12.8. The van der Waals surface area contributed by atoms with Gasteiger partial charge in [-0.3, -0.25) is 4.79 Å². The maximum atomic E-state index is 12.4. The smallest absolute Gasteiger partial charge is 0.334 e. The van der Waals surface area contributed by atoms with Gasteiger partial charge < -0.3 is 15.2 Å². The van der Waals surface area contributed by atoms with E-state index in [-0.39, 0.29) is 18.0 Å². The van der Waals surface area contributed by atoms with Gasteiger partial charge in [-0.1, -0.05) is 37.3 Å². The van der Waals surface area contributed by atoms with Crippen molar-refractivity contribution in [2.45, 2.75) is 18.9 Å². The standard InChI is InChI=1S/C16H17N3O4/c1-3-16(15(21)22,11-7-5-4-6-8-11)17-14(20)12-9-10-13(23-2)19-18-12/h4-10H,3H2,1-2H3,(H,17,20)(H,21,22)/t16-/m1/s1. The molecule has 2 aromatic rings. The van der Waals surface area contributed by atoms with Gasteiger partial charge in [0.15, 0.2) is 11.2 Å². The Morgan fingerprint density at radius 3 is 2.35 bits per heavy atom. The number of carboxylic acids is 1. The molecule has 7 heteroatoms. The molecule has 0 unspecified atom stereocenters. The van der Waals surface area contributed by atoms with Gasteiger partial charge in [-0.15, -0.1) is 10.2 Å². The summed E-state index contributed by atoms with van der Waals surface area (Å²) < 4.78 is 4.88. The molecule has 23 heavy (non-hydrogen) atoms. The summed E-state index contributed by atoms with van der Waals surface area (Å²) in [4.78, 5) is 24.2. The summed E-state index contributed by atoms with van der Waals surface area (Å²) in [6, 6.07) is 11.5. The minimum absolute atomic E-state index is 0.0146. The normalized spacial score (nSPS) is 13.0. The number of methoxy groups -OCH3 is 1. The van der Waals surface area contributed by atoms with Crippen molar-refractivity contribution in [1.82, 2.24) is 15.5 Å². The number of aromatic nitrogens is 2. The van der Waals surface area contributed by atoms with Crippen LogP contribution in [0.3, 0.4) is 0 Å². The molecule has 120 valence electrons. The van der Waals surface area contributed by atoms with Gasteiger partial charge in [-0.2, -0.15) is 0 Å². The molecular formula is C16H17N3O4. The molecule has 0 bridgehead atoms. The van der Waals surface area contributed by atoms with Crippen molar-refractivity contribution in [3.63, 3.8) is 0 Å². The van der Waals surface area contributed by atoms with Gasteiger partial charge in [0.05, 0.1) is 7.11 Å². The van der Waals surface area contributed by atoms with E-state index in [0.29, 0.717) is 5.56 Å². The van der Waals surface area contributed by atoms with Gasteiger partial charge in [-0.25, -0.2) is 4.79 Å². The van der Waals surface area contributed by atoms with E-state index in [9.17, 15) is 14.7 Å². The van der Waals surface area contributed by atoms with Crippen LogP contribution < -0.4 is 10.1 Å². The molecule has 1 aromatic heterocycles. The molecule has 1 atom stereocenters. The number of carbonyl (C=O) groups is 2. The van der Waals surface area contributed by atoms with Crippen LogP contribution in [0.2, 0.25) is 0 Å². The average molecular weight is 315 g/mol. The minimum Gasteiger partial charge on any atom is -0.480 e. The summed E-state index contributed by atoms with van der Waals surface area (Å²) in [7, 11) is 1.44. The number of nitrogens with zero attached hydrogens (tertiary/aromatic N) is 2. The Morgan fingerprint density at radius 1 is 1.17 bits per heavy atom. The zero-order chi connectivity index (χ0) is 16.9. The van der Waals surface area contributed by atoms with E-state index in [4.69, 9.17) is 4.74 Å². The molecule has 0 saturated carbocycles. The lowest BCUT2D eigenvalue weighted by molar-refractivity contribution is -0.145. The van der Waals surface area contributed by atoms with Crippen LogP contribution in [0, 0.1) is 0 Å². The van der Waals surface area contributed by atoms with E-state index in [0.717, 1.165) is 0 Å². The maximum Gasteiger partial charge on any atom is 0.334 e. The van der Waals surface area contributed by atoms with Gasteiger partial charge in [0, 0.05) is 6.07 Å². The number of amides is 1. The third-order valence-corrected chi connectivity index (χ3v) is 3.57. The Balaban J connectivity index is 2.34. The number of rotatable bonds is 6. The summed E-state index contributed by atoms with van der Waals surface area (Å²) in [5.74, 6) is -1.49. The van der Waals surface area contributed by atoms with E-state index in [1.807, 2.05) is 0 Å². The predicted molar refractivity (Wildman–Crippen MR) is 82.1 cm³/mol. The van der Waals surface area contributed by atoms with Crippen LogP contribution in [0.4, 0.5) is 0 Å². The minimum atomic E-state index is -1.53. The number of carboxylic acid groups (broad SMARTS) is 1. The molecule has 1 amide bonds. The quantitative estimate of drug-likeness (QED) is 0.839. The van der Waals surface area contributed by atoms with Gasteiger partial charge in [0.2, 0.25) is 5.88 Å². The third-order valence-electron chi connectivity index (χ3n) is 3.57. The van der Waals surface area contributed by atoms with Crippen LogP contribution >= 0.6 is 0 Å². The number of hydrogen-bond acceptors (Lipinski definition) is 5. The molecular weight excluding hydrogens is 298 g/mol. The summed E-state index contributed by atoms with van der Waals surface area (Å²) >= 11 is 0. The summed E-state index contributed by atoms with van der Waals surface area (Å²) in [6.07, 6.45) is 0.182. The summed E-state index contributed by atoms with van der Waals surface area (Å²) in [6.45, 7) is 1.70. The fraction of sp³-hybridized carbons (Fsp3) is 0.250. The van der Waals surface area contributed by atoms with Crippen molar-refractivity contribution in [3.05, 3.63) is 53.7 Å². The Kier molecular flexibility index (Phi) is 4.90. The summed E-state index contributed by atoms with van der Waals surface area (Å²) in [5, 5.41) is 19.7. The highest BCUT2D eigenvalue weighted by Gasteiger charge is 2.40. The van der Waals surface area contributed by atoms with Crippen molar-refractivity contribution in [1.29, 1.82) is 0 Å². The van der Waals surface area contributed by atoms with E-state index in [2.05, 4.69) is 15.5 Å². The van der Waals surface area contributed by atoms with Gasteiger partial charge >= 0.3 is 5.97 Å². The van der Waals surface area contributed by atoms with Crippen molar-refractivity contribution < 1.29 is 19.4 Å². The molecule has 1 heterocycles. The van der Waals surface area contributed by atoms with Crippen LogP contribution in [0.5, 0.6) is 5.88 Å². The van der Waals surface area contributed by atoms with E-state index in [1.165, 1.54) is 19.2 Å². The zero-order valence-electron chi connectivity index (χ0n) is 12.8. The van der Waals surface area contributed by atoms with E-state index >= 15 is 0 Å². The van der Waals surface area contributed by atoms with E-state index in [1.54, 1.807) is 37.3 Å². The van der Waals surface area contributed by atoms with Gasteiger partial charge in [-0.05, 0) is 18.1 Å². The topological polar surface area (TPSA) is 101 Å². The lowest BCUT2D eigenvalue weighted by Crippen LogP contribution is -2.51. The highest BCUT2D eigenvalue weighted by atomic mass is 16.5. The Labute approximate surface area is 133 Å². The summed E-state index contributed by atoms with van der Waals surface area (Å²) in [5.41, 5.74) is -1.02. The van der Waals surface area contributed by atoms with E-state index < -0.39 is 17.4 Å². The van der Waals surface area contributed by atoms with Gasteiger partial charge in [0.25, 0.3) is 5.91 Å². The Bertz CT molecular complexity index is 688. The fourth-order valence-corrected chi connectivity index (χ4v) is 2.22. The molecule has 0 fully saturated rings. The Hall–Kier alpha value is -2.96. The number of carbonyl (C=O) groups excluding carboxylic acids is 1. The molecule has 0 aliphatic rings. The number of hydrogen-bond donors (Lipinski definition) is 2. The second-order valence-electron chi connectivity index (χ2n) is 4.85. The largest absolute Gasteiger partial charge is 0.480 e. The predicted octanol–water partition coefficient (Wildman–Crippen LogP) is 1.61. The molecule has 2 N–H and O–H groups in total. The first-order valence-corrected chi connectivity index (χ1v) is 7.02. The van der Waals surface area contributed by atoms with Crippen molar-refractivity contribution in [2.75, 3.05) is 7.11 Å². The lowest BCUT2D eigenvalue weighted by Gasteiger charge is -2.29. The second kappa shape index (κ2) is 6.87. The first kappa shape index (κ1) is 16.4. The van der Waals surface area contributed by atoms with Crippen LogP contribution in [-0.4, -0.2) is 34.3 Å². The number of aliphatic carboxylic acids is 1. The molecule has 0 aliphatic heterocycles. The first-order chi connectivity index (χ1) is 11.0. The Morgan fingerprint density at radius 2 is 1.87 bits per heavy atom. The van der Waals surface area contributed by atoms with Crippen LogP contribution in [-0.2, 0) is 10.3 Å². The number of ether oxygens (including phenoxy) is 1. The lowest BCUT2D eigenvalue weighted by atomic mass is 9.87. The number of benzene rings is 1. The first-order valence-electron chi connectivity index (χ1n) is 7.02. The van der Waals surface area contributed by atoms with Crippen molar-refractivity contribution in [2.24, 2.45) is 0 Å². The molecule has 1 aromatic carbocycles. The highest BCUT2D eigenvalue weighted by molar-refractivity contribution is 5.96. The molecule has 2 rings (SSSR count). The number of nitrogens with one attached hydrogen (secondary N) is 1. The van der Waals surface area contributed by atoms with Crippen LogP contribution in [0.25, 0.3) is 0 Å². The monoisotopic (exact) mass is 315 g/mol. The maximum absolute atomic E-state index is 12.4. The molecule has 0 spiro atoms. The fourth-order valence-electron chi connectivity index (χ4n) is 2.22. The van der Waals surface area contributed by atoms with Crippen LogP contribution in [0.1, 0.15) is 29.4 Å².